The average Bonchev–Trinajstić information content (AvgIpc) is 2.58. The van der Waals surface area contributed by atoms with Crippen molar-refractivity contribution in [3.8, 4) is 5.75 Å². The average molecular weight is 294 g/mol. The molecule has 0 atom stereocenters. The first-order valence-corrected chi connectivity index (χ1v) is 6.99. The molecule has 2 aromatic carbocycles. The van der Waals surface area contributed by atoms with Gasteiger partial charge >= 0.3 is 0 Å². The second kappa shape index (κ2) is 8.42. The minimum atomic E-state index is -0.250. The Labute approximate surface area is 130 Å². The lowest BCUT2D eigenvalue weighted by molar-refractivity contribution is 0.0955. The molecule has 1 amide bonds. The first kappa shape index (κ1) is 15.5. The zero-order valence-corrected chi connectivity index (χ0v) is 12.2. The summed E-state index contributed by atoms with van der Waals surface area (Å²) in [6.45, 7) is 4.02. The monoisotopic (exact) mass is 294 g/mol. The van der Waals surface area contributed by atoms with Gasteiger partial charge in [-0.2, -0.15) is 5.10 Å². The summed E-state index contributed by atoms with van der Waals surface area (Å²) in [6.07, 6.45) is 4.02. The Morgan fingerprint density at radius 2 is 1.86 bits per heavy atom. The molecule has 0 unspecified atom stereocenters. The highest BCUT2D eigenvalue weighted by Crippen LogP contribution is 2.12. The molecule has 4 nitrogen and oxygen atoms in total. The Hall–Kier alpha value is -2.88. The van der Waals surface area contributed by atoms with Gasteiger partial charge in [-0.15, -0.1) is 0 Å². The molecule has 0 aromatic heterocycles. The summed E-state index contributed by atoms with van der Waals surface area (Å²) < 4.78 is 5.36. The van der Waals surface area contributed by atoms with Crippen LogP contribution in [-0.4, -0.2) is 18.7 Å². The summed E-state index contributed by atoms with van der Waals surface area (Å²) in [6, 6.07) is 16.8. The van der Waals surface area contributed by atoms with E-state index in [1.807, 2.05) is 30.3 Å². The molecule has 0 saturated carbocycles. The summed E-state index contributed by atoms with van der Waals surface area (Å²) in [4.78, 5) is 11.9. The van der Waals surface area contributed by atoms with E-state index in [4.69, 9.17) is 4.74 Å². The first-order chi connectivity index (χ1) is 10.8. The van der Waals surface area contributed by atoms with Gasteiger partial charge in [-0.05, 0) is 29.8 Å². The minimum Gasteiger partial charge on any atom is -0.490 e. The number of ether oxygens (including phenoxy) is 1. The van der Waals surface area contributed by atoms with Crippen molar-refractivity contribution in [1.29, 1.82) is 0 Å². The van der Waals surface area contributed by atoms with Gasteiger partial charge in [0.25, 0.3) is 5.91 Å². The molecule has 0 aliphatic rings. The van der Waals surface area contributed by atoms with E-state index in [1.54, 1.807) is 36.6 Å². The Kier molecular flexibility index (Phi) is 5.93. The fourth-order valence-electron chi connectivity index (χ4n) is 1.79. The molecule has 0 aliphatic carbocycles. The van der Waals surface area contributed by atoms with Crippen LogP contribution in [0.25, 0.3) is 0 Å². The van der Waals surface area contributed by atoms with Crippen molar-refractivity contribution in [2.75, 3.05) is 6.61 Å². The second-order valence-corrected chi connectivity index (χ2v) is 4.57. The highest BCUT2D eigenvalue weighted by molar-refractivity contribution is 5.94. The van der Waals surface area contributed by atoms with Gasteiger partial charge in [0, 0.05) is 18.2 Å². The number of carbonyl (C=O) groups is 1. The molecule has 0 aliphatic heterocycles. The van der Waals surface area contributed by atoms with Gasteiger partial charge in [0.15, 0.2) is 0 Å². The van der Waals surface area contributed by atoms with Gasteiger partial charge in [-0.3, -0.25) is 4.79 Å². The van der Waals surface area contributed by atoms with E-state index >= 15 is 0 Å². The highest BCUT2D eigenvalue weighted by Gasteiger charge is 2.03. The van der Waals surface area contributed by atoms with Gasteiger partial charge in [-0.25, -0.2) is 5.43 Å². The number of hydrogen-bond donors (Lipinski definition) is 1. The fourth-order valence-corrected chi connectivity index (χ4v) is 1.79. The maximum absolute atomic E-state index is 11.9. The largest absolute Gasteiger partial charge is 0.490 e. The molecule has 0 heterocycles. The van der Waals surface area contributed by atoms with Gasteiger partial charge < -0.3 is 4.74 Å². The third-order valence-electron chi connectivity index (χ3n) is 2.91. The molecule has 0 saturated heterocycles. The van der Waals surface area contributed by atoms with Crippen molar-refractivity contribution in [1.82, 2.24) is 5.43 Å². The van der Waals surface area contributed by atoms with Gasteiger partial charge in [0.05, 0.1) is 0 Å². The molecule has 4 heteroatoms. The number of benzene rings is 2. The smallest absolute Gasteiger partial charge is 0.271 e. The number of carbonyl (C=O) groups excluding carboxylic acids is 1. The van der Waals surface area contributed by atoms with Crippen LogP contribution < -0.4 is 10.2 Å². The van der Waals surface area contributed by atoms with Crippen LogP contribution in [0.3, 0.4) is 0 Å². The summed E-state index contributed by atoms with van der Waals surface area (Å²) >= 11 is 0. The van der Waals surface area contributed by atoms with E-state index in [2.05, 4.69) is 17.1 Å². The van der Waals surface area contributed by atoms with Crippen molar-refractivity contribution in [2.45, 2.75) is 6.42 Å². The summed E-state index contributed by atoms with van der Waals surface area (Å²) in [5.41, 5.74) is 4.18. The maximum atomic E-state index is 11.9. The second-order valence-electron chi connectivity index (χ2n) is 4.57. The zero-order chi connectivity index (χ0) is 15.6. The van der Waals surface area contributed by atoms with Crippen molar-refractivity contribution in [3.63, 3.8) is 0 Å². The molecule has 0 spiro atoms. The fraction of sp³-hybridized carbons (Fsp3) is 0.111. The maximum Gasteiger partial charge on any atom is 0.271 e. The predicted molar refractivity (Wildman–Crippen MR) is 88.2 cm³/mol. The molecular weight excluding hydrogens is 276 g/mol. The van der Waals surface area contributed by atoms with Crippen molar-refractivity contribution < 1.29 is 9.53 Å². The third kappa shape index (κ3) is 4.90. The quantitative estimate of drug-likeness (QED) is 0.484. The first-order valence-electron chi connectivity index (χ1n) is 6.99. The van der Waals surface area contributed by atoms with E-state index in [9.17, 15) is 4.79 Å². The normalized spacial score (nSPS) is 10.4. The van der Waals surface area contributed by atoms with Crippen LogP contribution >= 0.6 is 0 Å². The molecule has 0 radical (unpaired) electrons. The van der Waals surface area contributed by atoms with Crippen molar-refractivity contribution >= 4 is 12.1 Å². The van der Waals surface area contributed by atoms with Crippen molar-refractivity contribution in [2.24, 2.45) is 5.10 Å². The van der Waals surface area contributed by atoms with Crippen LogP contribution in [0.5, 0.6) is 5.75 Å². The number of nitrogens with zero attached hydrogens (tertiary/aromatic N) is 1. The van der Waals surface area contributed by atoms with Crippen LogP contribution in [0, 0.1) is 0 Å². The standard InChI is InChI=1S/C18H18N2O2/c1-2-14-22-17-10-8-16(9-11-17)18(21)20-19-13-12-15-6-4-3-5-7-15/h2-11,13H,1,12,14H2,(H,20,21)/b19-13+. The van der Waals surface area contributed by atoms with Gasteiger partial charge in [0.2, 0.25) is 0 Å². The van der Waals surface area contributed by atoms with E-state index in [0.29, 0.717) is 24.3 Å². The lowest BCUT2D eigenvalue weighted by atomic mass is 10.2. The predicted octanol–water partition coefficient (Wildman–Crippen LogP) is 3.21. The van der Waals surface area contributed by atoms with E-state index in [0.717, 1.165) is 5.56 Å². The van der Waals surface area contributed by atoms with E-state index < -0.39 is 0 Å². The summed E-state index contributed by atoms with van der Waals surface area (Å²) in [7, 11) is 0. The highest BCUT2D eigenvalue weighted by atomic mass is 16.5. The zero-order valence-electron chi connectivity index (χ0n) is 12.2. The molecule has 112 valence electrons. The Morgan fingerprint density at radius 1 is 1.14 bits per heavy atom. The Bertz CT molecular complexity index is 634. The minimum absolute atomic E-state index is 0.250. The molecule has 2 aromatic rings. The van der Waals surface area contributed by atoms with Crippen LogP contribution in [0.2, 0.25) is 0 Å². The lowest BCUT2D eigenvalue weighted by Gasteiger charge is -2.04. The number of amides is 1. The molecular formula is C18H18N2O2. The molecule has 0 bridgehead atoms. The number of nitrogens with one attached hydrogen (secondary N) is 1. The third-order valence-corrected chi connectivity index (χ3v) is 2.91. The SMILES string of the molecule is C=CCOc1ccc(C(=O)N/N=C/Cc2ccccc2)cc1. The van der Waals surface area contributed by atoms with E-state index in [-0.39, 0.29) is 5.91 Å². The summed E-state index contributed by atoms with van der Waals surface area (Å²) in [5.74, 6) is 0.448. The molecule has 1 N–H and O–H groups in total. The number of hydrogen-bond acceptors (Lipinski definition) is 3. The molecule has 22 heavy (non-hydrogen) atoms. The lowest BCUT2D eigenvalue weighted by Crippen LogP contribution is -2.17. The number of rotatable bonds is 7. The Morgan fingerprint density at radius 3 is 2.55 bits per heavy atom. The van der Waals surface area contributed by atoms with Gasteiger partial charge in [0.1, 0.15) is 12.4 Å². The van der Waals surface area contributed by atoms with Gasteiger partial charge in [-0.1, -0.05) is 43.0 Å². The van der Waals surface area contributed by atoms with Crippen LogP contribution in [0.15, 0.2) is 72.4 Å². The molecule has 2 rings (SSSR count). The van der Waals surface area contributed by atoms with Crippen LogP contribution in [-0.2, 0) is 6.42 Å². The van der Waals surface area contributed by atoms with Crippen LogP contribution in [0.1, 0.15) is 15.9 Å². The van der Waals surface area contributed by atoms with E-state index in [1.165, 1.54) is 0 Å². The van der Waals surface area contributed by atoms with Crippen LogP contribution in [0.4, 0.5) is 0 Å². The molecule has 0 fully saturated rings. The summed E-state index contributed by atoms with van der Waals surface area (Å²) in [5, 5.41) is 3.95. The Balaban J connectivity index is 1.82. The van der Waals surface area contributed by atoms with Crippen molar-refractivity contribution in [3.05, 3.63) is 78.4 Å². The topological polar surface area (TPSA) is 50.7 Å². The number of hydrazone groups is 1.